The zero-order chi connectivity index (χ0) is 11.1. The van der Waals surface area contributed by atoms with Crippen LogP contribution >= 0.6 is 0 Å². The van der Waals surface area contributed by atoms with Crippen LogP contribution in [-0.2, 0) is 9.84 Å². The Morgan fingerprint density at radius 3 is 2.07 bits per heavy atom. The number of rotatable bonds is 2. The molecular weight excluding hydrogens is 214 g/mol. The van der Waals surface area contributed by atoms with Gasteiger partial charge in [0.15, 0.2) is 9.84 Å². The Morgan fingerprint density at radius 2 is 1.86 bits per heavy atom. The van der Waals surface area contributed by atoms with Crippen molar-refractivity contribution in [3.8, 4) is 0 Å². The minimum absolute atomic E-state index is 0.0278. The molecule has 0 N–H and O–H groups in total. The van der Waals surface area contributed by atoms with Gasteiger partial charge in [-0.2, -0.15) is 13.9 Å². The summed E-state index contributed by atoms with van der Waals surface area (Å²) in [6.45, 7) is -0.116. The summed E-state index contributed by atoms with van der Waals surface area (Å²) in [5.41, 5.74) is 0.0744. The van der Waals surface area contributed by atoms with Gasteiger partial charge in [-0.05, 0) is 13.8 Å². The second kappa shape index (κ2) is 3.30. The van der Waals surface area contributed by atoms with E-state index in [2.05, 4.69) is 5.10 Å². The SMILES string of the molecule is Cc1nn(C(F)F)c(C)c1S(C)(=O)=O. The normalized spacial score (nSPS) is 12.4. The highest BCUT2D eigenvalue weighted by atomic mass is 32.2. The highest BCUT2D eigenvalue weighted by Crippen LogP contribution is 2.22. The zero-order valence-electron chi connectivity index (χ0n) is 7.95. The molecular formula is C7H10F2N2O2S. The van der Waals surface area contributed by atoms with Crippen molar-refractivity contribution < 1.29 is 17.2 Å². The quantitative estimate of drug-likeness (QED) is 0.760. The van der Waals surface area contributed by atoms with Crippen molar-refractivity contribution in [2.24, 2.45) is 0 Å². The first kappa shape index (κ1) is 11.1. The van der Waals surface area contributed by atoms with Gasteiger partial charge in [0.2, 0.25) is 0 Å². The average Bonchev–Trinajstić information content (AvgIpc) is 2.24. The van der Waals surface area contributed by atoms with Gasteiger partial charge in [-0.15, -0.1) is 0 Å². The lowest BCUT2D eigenvalue weighted by Crippen LogP contribution is -2.04. The number of hydrogen-bond donors (Lipinski definition) is 0. The first-order valence-corrected chi connectivity index (χ1v) is 5.68. The number of sulfone groups is 1. The molecule has 0 aromatic carbocycles. The fraction of sp³-hybridized carbons (Fsp3) is 0.571. The molecule has 0 spiro atoms. The predicted molar refractivity (Wildman–Crippen MR) is 46.1 cm³/mol. The van der Waals surface area contributed by atoms with E-state index in [4.69, 9.17) is 0 Å². The Balaban J connectivity index is 3.48. The van der Waals surface area contributed by atoms with Crippen LogP contribution in [0.4, 0.5) is 8.78 Å². The van der Waals surface area contributed by atoms with E-state index in [0.29, 0.717) is 4.68 Å². The Hall–Kier alpha value is -0.980. The summed E-state index contributed by atoms with van der Waals surface area (Å²) in [7, 11) is -3.49. The Bertz CT molecular complexity index is 451. The molecule has 80 valence electrons. The number of aromatic nitrogens is 2. The Morgan fingerprint density at radius 1 is 1.36 bits per heavy atom. The number of nitrogens with zero attached hydrogens (tertiary/aromatic N) is 2. The zero-order valence-corrected chi connectivity index (χ0v) is 8.77. The number of hydrogen-bond acceptors (Lipinski definition) is 3. The maximum Gasteiger partial charge on any atom is 0.333 e. The van der Waals surface area contributed by atoms with E-state index >= 15 is 0 Å². The largest absolute Gasteiger partial charge is 0.333 e. The van der Waals surface area contributed by atoms with Crippen LogP contribution in [0.1, 0.15) is 17.9 Å². The second-order valence-electron chi connectivity index (χ2n) is 2.99. The minimum Gasteiger partial charge on any atom is -0.224 e. The van der Waals surface area contributed by atoms with Crippen LogP contribution in [0.15, 0.2) is 4.90 Å². The van der Waals surface area contributed by atoms with Crippen molar-refractivity contribution in [3.05, 3.63) is 11.4 Å². The number of halogens is 2. The number of aryl methyl sites for hydroxylation is 1. The van der Waals surface area contributed by atoms with E-state index in [1.54, 1.807) is 0 Å². The van der Waals surface area contributed by atoms with E-state index in [9.17, 15) is 17.2 Å². The van der Waals surface area contributed by atoms with E-state index in [1.807, 2.05) is 0 Å². The molecule has 4 nitrogen and oxygen atoms in total. The lowest BCUT2D eigenvalue weighted by molar-refractivity contribution is 0.0538. The maximum atomic E-state index is 12.3. The minimum atomic E-state index is -3.49. The van der Waals surface area contributed by atoms with Gasteiger partial charge in [-0.25, -0.2) is 13.1 Å². The van der Waals surface area contributed by atoms with Crippen LogP contribution in [0, 0.1) is 13.8 Å². The monoisotopic (exact) mass is 224 g/mol. The van der Waals surface area contributed by atoms with Crippen LogP contribution in [0.5, 0.6) is 0 Å². The first-order chi connectivity index (χ1) is 6.25. The predicted octanol–water partition coefficient (Wildman–Crippen LogP) is 1.30. The molecule has 0 saturated carbocycles. The van der Waals surface area contributed by atoms with E-state index in [1.165, 1.54) is 13.8 Å². The van der Waals surface area contributed by atoms with Crippen LogP contribution in [0.2, 0.25) is 0 Å². The van der Waals surface area contributed by atoms with E-state index < -0.39 is 16.4 Å². The molecule has 0 amide bonds. The number of alkyl halides is 2. The van der Waals surface area contributed by atoms with Crippen molar-refractivity contribution in [2.45, 2.75) is 25.3 Å². The summed E-state index contributed by atoms with van der Waals surface area (Å²) < 4.78 is 47.5. The summed E-state index contributed by atoms with van der Waals surface area (Å²) in [5, 5.41) is 3.46. The van der Waals surface area contributed by atoms with Crippen LogP contribution < -0.4 is 0 Å². The highest BCUT2D eigenvalue weighted by molar-refractivity contribution is 7.90. The molecule has 0 radical (unpaired) electrons. The molecule has 1 rings (SSSR count). The standard InChI is InChI=1S/C7H10F2N2O2S/c1-4-6(14(3,12)13)5(2)11(10-4)7(8)9/h7H,1-3H3. The molecule has 0 atom stereocenters. The third-order valence-electron chi connectivity index (χ3n) is 1.81. The summed E-state index contributed by atoms with van der Waals surface area (Å²) in [5.74, 6) is 0. The lowest BCUT2D eigenvalue weighted by Gasteiger charge is -2.01. The van der Waals surface area contributed by atoms with Crippen molar-refractivity contribution in [3.63, 3.8) is 0 Å². The molecule has 0 aliphatic carbocycles. The van der Waals surface area contributed by atoms with Gasteiger partial charge in [0.05, 0.1) is 11.4 Å². The molecule has 7 heteroatoms. The fourth-order valence-corrected chi connectivity index (χ4v) is 2.58. The summed E-state index contributed by atoms with van der Waals surface area (Å²) in [6.07, 6.45) is 0.972. The van der Waals surface area contributed by atoms with Crippen LogP contribution in [0.3, 0.4) is 0 Å². The average molecular weight is 224 g/mol. The van der Waals surface area contributed by atoms with Crippen molar-refractivity contribution in [1.82, 2.24) is 9.78 Å². The molecule has 14 heavy (non-hydrogen) atoms. The summed E-state index contributed by atoms with van der Waals surface area (Å²) in [4.78, 5) is -0.113. The van der Waals surface area contributed by atoms with Crippen molar-refractivity contribution in [2.75, 3.05) is 6.26 Å². The molecule has 1 aromatic heterocycles. The van der Waals surface area contributed by atoms with Gasteiger partial charge in [-0.3, -0.25) is 0 Å². The molecule has 0 bridgehead atoms. The topological polar surface area (TPSA) is 52.0 Å². The van der Waals surface area contributed by atoms with Gasteiger partial charge in [-0.1, -0.05) is 0 Å². The van der Waals surface area contributed by atoms with Gasteiger partial charge in [0.1, 0.15) is 4.90 Å². The Labute approximate surface area is 80.5 Å². The molecule has 1 heterocycles. The van der Waals surface area contributed by atoms with Crippen molar-refractivity contribution >= 4 is 9.84 Å². The first-order valence-electron chi connectivity index (χ1n) is 3.79. The lowest BCUT2D eigenvalue weighted by atomic mass is 10.4. The van der Waals surface area contributed by atoms with Gasteiger partial charge in [0, 0.05) is 6.26 Å². The molecule has 0 unspecified atom stereocenters. The molecule has 0 aliphatic rings. The fourth-order valence-electron chi connectivity index (χ4n) is 1.37. The van der Waals surface area contributed by atoms with Gasteiger partial charge in [0.25, 0.3) is 0 Å². The second-order valence-corrected chi connectivity index (χ2v) is 4.95. The summed E-state index contributed by atoms with van der Waals surface area (Å²) >= 11 is 0. The van der Waals surface area contributed by atoms with Gasteiger partial charge < -0.3 is 0 Å². The maximum absolute atomic E-state index is 12.3. The molecule has 0 saturated heterocycles. The van der Waals surface area contributed by atoms with E-state index in [0.717, 1.165) is 6.26 Å². The van der Waals surface area contributed by atoms with E-state index in [-0.39, 0.29) is 16.3 Å². The third kappa shape index (κ3) is 1.77. The Kier molecular flexibility index (Phi) is 2.62. The van der Waals surface area contributed by atoms with Crippen molar-refractivity contribution in [1.29, 1.82) is 0 Å². The van der Waals surface area contributed by atoms with Gasteiger partial charge >= 0.3 is 6.55 Å². The smallest absolute Gasteiger partial charge is 0.224 e. The third-order valence-corrected chi connectivity index (χ3v) is 3.15. The van der Waals surface area contributed by atoms with Crippen LogP contribution in [-0.4, -0.2) is 24.5 Å². The summed E-state index contributed by atoms with van der Waals surface area (Å²) in [6, 6.07) is 0. The van der Waals surface area contributed by atoms with Crippen LogP contribution in [0.25, 0.3) is 0 Å². The molecule has 0 fully saturated rings. The highest BCUT2D eigenvalue weighted by Gasteiger charge is 2.23. The molecule has 1 aromatic rings. The molecule has 0 aliphatic heterocycles.